The second kappa shape index (κ2) is 5.96. The molecule has 118 valence electrons. The first-order chi connectivity index (χ1) is 10.2. The third-order valence-electron chi connectivity index (χ3n) is 3.28. The predicted octanol–water partition coefficient (Wildman–Crippen LogP) is 3.52. The van der Waals surface area contributed by atoms with E-state index < -0.39 is 23.7 Å². The number of thiazole rings is 1. The minimum absolute atomic E-state index is 0.239. The number of rotatable bonds is 4. The first-order valence-electron chi connectivity index (χ1n) is 6.36. The molecule has 1 aromatic heterocycles. The van der Waals surface area contributed by atoms with Crippen molar-refractivity contribution in [1.29, 1.82) is 0 Å². The fraction of sp³-hybridized carbons (Fsp3) is 0.286. The minimum atomic E-state index is -4.45. The van der Waals surface area contributed by atoms with E-state index in [1.807, 2.05) is 0 Å². The van der Waals surface area contributed by atoms with Gasteiger partial charge in [0.25, 0.3) is 0 Å². The summed E-state index contributed by atoms with van der Waals surface area (Å²) in [5, 5.41) is 1.22. The smallest absolute Gasteiger partial charge is 0.369 e. The molecule has 2 rings (SSSR count). The van der Waals surface area contributed by atoms with E-state index in [4.69, 9.17) is 5.73 Å². The van der Waals surface area contributed by atoms with Gasteiger partial charge in [0.15, 0.2) is 10.8 Å². The van der Waals surface area contributed by atoms with Crippen molar-refractivity contribution in [2.75, 3.05) is 11.9 Å². The third kappa shape index (κ3) is 3.38. The topological polar surface area (TPSA) is 59.2 Å². The summed E-state index contributed by atoms with van der Waals surface area (Å²) in [4.78, 5) is 16.3. The molecule has 1 amide bonds. The van der Waals surface area contributed by atoms with E-state index >= 15 is 0 Å². The molecule has 0 aliphatic carbocycles. The number of benzene rings is 1. The Bertz CT molecular complexity index is 667. The molecule has 0 unspecified atom stereocenters. The molecular weight excluding hydrogens is 315 g/mol. The van der Waals surface area contributed by atoms with E-state index in [0.717, 1.165) is 22.3 Å². The molecule has 2 aromatic rings. The Kier molecular flexibility index (Phi) is 4.41. The summed E-state index contributed by atoms with van der Waals surface area (Å²) in [5.41, 5.74) is 5.75. The molecule has 0 spiro atoms. The number of hydrogen-bond acceptors (Lipinski definition) is 4. The predicted molar refractivity (Wildman–Crippen MR) is 79.2 cm³/mol. The first kappa shape index (κ1) is 16.3. The van der Waals surface area contributed by atoms with Crippen LogP contribution in [0, 0.1) is 0 Å². The van der Waals surface area contributed by atoms with Crippen LogP contribution in [0.4, 0.5) is 24.0 Å². The molecule has 0 aliphatic rings. The molecule has 0 bridgehead atoms. The van der Waals surface area contributed by atoms with E-state index in [1.165, 1.54) is 0 Å². The lowest BCUT2D eigenvalue weighted by atomic mass is 10.0. The average Bonchev–Trinajstić information content (AvgIpc) is 2.95. The molecule has 1 heterocycles. The van der Waals surface area contributed by atoms with Crippen LogP contribution in [0.15, 0.2) is 29.6 Å². The average molecular weight is 329 g/mol. The van der Waals surface area contributed by atoms with Gasteiger partial charge in [-0.15, -0.1) is 11.3 Å². The molecule has 0 saturated heterocycles. The zero-order valence-corrected chi connectivity index (χ0v) is 12.7. The number of alkyl halides is 3. The van der Waals surface area contributed by atoms with Gasteiger partial charge in [-0.3, -0.25) is 4.79 Å². The van der Waals surface area contributed by atoms with Gasteiger partial charge in [0.05, 0.1) is 5.92 Å². The normalized spacial score (nSPS) is 13.0. The summed E-state index contributed by atoms with van der Waals surface area (Å²) in [6.45, 7) is 1.69. The van der Waals surface area contributed by atoms with Crippen molar-refractivity contribution in [3.63, 3.8) is 0 Å². The van der Waals surface area contributed by atoms with Crippen molar-refractivity contribution in [3.05, 3.63) is 40.9 Å². The van der Waals surface area contributed by atoms with Gasteiger partial charge >= 0.3 is 6.18 Å². The number of anilines is 2. The van der Waals surface area contributed by atoms with Crippen molar-refractivity contribution < 1.29 is 18.0 Å². The Morgan fingerprint density at radius 3 is 2.36 bits per heavy atom. The van der Waals surface area contributed by atoms with Crippen molar-refractivity contribution in [3.8, 4) is 0 Å². The van der Waals surface area contributed by atoms with Crippen LogP contribution >= 0.6 is 11.3 Å². The number of nitrogens with two attached hydrogens (primary N) is 1. The van der Waals surface area contributed by atoms with Crippen LogP contribution in [0.2, 0.25) is 0 Å². The molecule has 4 nitrogen and oxygen atoms in total. The van der Waals surface area contributed by atoms with Crippen molar-refractivity contribution in [2.24, 2.45) is 5.73 Å². The molecule has 0 aliphatic heterocycles. The Hall–Kier alpha value is -2.09. The molecule has 22 heavy (non-hydrogen) atoms. The van der Waals surface area contributed by atoms with Gasteiger partial charge in [-0.2, -0.15) is 13.2 Å². The Morgan fingerprint density at radius 1 is 1.32 bits per heavy atom. The maximum Gasteiger partial charge on any atom is 0.434 e. The molecule has 0 fully saturated rings. The van der Waals surface area contributed by atoms with Crippen LogP contribution in [0.3, 0.4) is 0 Å². The van der Waals surface area contributed by atoms with Gasteiger partial charge < -0.3 is 10.6 Å². The highest BCUT2D eigenvalue weighted by Gasteiger charge is 2.34. The zero-order chi connectivity index (χ0) is 16.5. The highest BCUT2D eigenvalue weighted by Crippen LogP contribution is 2.34. The second-order valence-corrected chi connectivity index (χ2v) is 5.62. The molecule has 0 saturated carbocycles. The van der Waals surface area contributed by atoms with Crippen LogP contribution in [0.25, 0.3) is 0 Å². The fourth-order valence-electron chi connectivity index (χ4n) is 1.81. The van der Waals surface area contributed by atoms with Crippen molar-refractivity contribution in [1.82, 2.24) is 4.98 Å². The second-order valence-electron chi connectivity index (χ2n) is 4.79. The van der Waals surface area contributed by atoms with Crippen molar-refractivity contribution in [2.45, 2.75) is 19.0 Å². The van der Waals surface area contributed by atoms with Gasteiger partial charge in [-0.1, -0.05) is 12.1 Å². The van der Waals surface area contributed by atoms with E-state index in [2.05, 4.69) is 4.98 Å². The molecule has 2 N–H and O–H groups in total. The van der Waals surface area contributed by atoms with Gasteiger partial charge in [-0.05, 0) is 24.6 Å². The quantitative estimate of drug-likeness (QED) is 0.934. The summed E-state index contributed by atoms with van der Waals surface area (Å²) in [6, 6.07) is 6.87. The highest BCUT2D eigenvalue weighted by molar-refractivity contribution is 7.13. The lowest BCUT2D eigenvalue weighted by molar-refractivity contribution is -0.140. The Morgan fingerprint density at radius 2 is 1.91 bits per heavy atom. The number of hydrogen-bond donors (Lipinski definition) is 1. The van der Waals surface area contributed by atoms with E-state index in [9.17, 15) is 18.0 Å². The summed E-state index contributed by atoms with van der Waals surface area (Å²) < 4.78 is 37.7. The van der Waals surface area contributed by atoms with Crippen LogP contribution < -0.4 is 10.6 Å². The minimum Gasteiger partial charge on any atom is -0.369 e. The van der Waals surface area contributed by atoms with E-state index in [-0.39, 0.29) is 5.13 Å². The number of carbonyl (C=O) groups excluding carboxylic acids is 1. The number of amides is 1. The summed E-state index contributed by atoms with van der Waals surface area (Å²) in [7, 11) is 1.63. The molecule has 0 radical (unpaired) electrons. The summed E-state index contributed by atoms with van der Waals surface area (Å²) >= 11 is 0.915. The Balaban J connectivity index is 2.21. The van der Waals surface area contributed by atoms with E-state index in [0.29, 0.717) is 5.69 Å². The van der Waals surface area contributed by atoms with Gasteiger partial charge in [0, 0.05) is 18.1 Å². The van der Waals surface area contributed by atoms with E-state index in [1.54, 1.807) is 43.1 Å². The molecule has 1 aromatic carbocycles. The zero-order valence-electron chi connectivity index (χ0n) is 11.9. The van der Waals surface area contributed by atoms with Crippen LogP contribution in [-0.2, 0) is 11.0 Å². The number of aromatic nitrogens is 1. The Labute approximate surface area is 129 Å². The van der Waals surface area contributed by atoms with Gasteiger partial charge in [0.1, 0.15) is 0 Å². The number of nitrogens with zero attached hydrogens (tertiary/aromatic N) is 2. The summed E-state index contributed by atoms with van der Waals surface area (Å²) in [5.74, 6) is -0.855. The SMILES string of the molecule is C[C@H](C(N)=O)c1ccc(N(C)c2nc(C(F)(F)F)cs2)cc1. The number of halogens is 3. The van der Waals surface area contributed by atoms with Crippen LogP contribution in [0.5, 0.6) is 0 Å². The fourth-order valence-corrected chi connectivity index (χ4v) is 2.63. The van der Waals surface area contributed by atoms with Crippen molar-refractivity contribution >= 4 is 28.1 Å². The highest BCUT2D eigenvalue weighted by atomic mass is 32.1. The molecular formula is C14H14F3N3OS. The molecule has 1 atom stereocenters. The molecule has 8 heteroatoms. The van der Waals surface area contributed by atoms with Gasteiger partial charge in [0.2, 0.25) is 5.91 Å². The number of carbonyl (C=O) groups is 1. The first-order valence-corrected chi connectivity index (χ1v) is 7.24. The lowest BCUT2D eigenvalue weighted by Gasteiger charge is -2.17. The maximum absolute atomic E-state index is 12.6. The summed E-state index contributed by atoms with van der Waals surface area (Å²) in [6.07, 6.45) is -4.45. The standard InChI is InChI=1S/C14H14F3N3OS/c1-8(12(18)21)9-3-5-10(6-4-9)20(2)13-19-11(7-22-13)14(15,16)17/h3-8H,1-2H3,(H2,18,21)/t8-/m0/s1. The third-order valence-corrected chi connectivity index (χ3v) is 4.19. The maximum atomic E-state index is 12.6. The van der Waals surface area contributed by atoms with Crippen LogP contribution in [0.1, 0.15) is 24.1 Å². The van der Waals surface area contributed by atoms with Gasteiger partial charge in [-0.25, -0.2) is 4.98 Å². The lowest BCUT2D eigenvalue weighted by Crippen LogP contribution is -2.18. The number of primary amides is 1. The van der Waals surface area contributed by atoms with Crippen LogP contribution in [-0.4, -0.2) is 17.9 Å². The monoisotopic (exact) mass is 329 g/mol. The largest absolute Gasteiger partial charge is 0.434 e.